The maximum atomic E-state index is 12.6. The molecule has 2 nitrogen and oxygen atoms in total. The van der Waals surface area contributed by atoms with Crippen LogP contribution in [0.4, 0.5) is 0 Å². The summed E-state index contributed by atoms with van der Waals surface area (Å²) in [4.78, 5) is 12.6. The minimum atomic E-state index is -1.55. The van der Waals surface area contributed by atoms with Gasteiger partial charge in [-0.2, -0.15) is 0 Å². The summed E-state index contributed by atoms with van der Waals surface area (Å²) in [7, 11) is -1.61. The highest BCUT2D eigenvalue weighted by molar-refractivity contribution is 7.01. The van der Waals surface area contributed by atoms with Crippen molar-refractivity contribution in [3.05, 3.63) is 47.0 Å². The van der Waals surface area contributed by atoms with E-state index in [4.69, 9.17) is 4.74 Å². The molecule has 0 fully saturated rings. The van der Waals surface area contributed by atoms with E-state index in [-0.39, 0.29) is 10.6 Å². The van der Waals surface area contributed by atoms with Crippen molar-refractivity contribution in [2.24, 2.45) is 0 Å². The third kappa shape index (κ3) is 2.01. The monoisotopic (exact) mass is 342 g/mol. The molecule has 0 amide bonds. The molecule has 0 spiro atoms. The third-order valence-electron chi connectivity index (χ3n) is 5.41. The molecule has 0 aliphatic heterocycles. The minimum Gasteiger partial charge on any atom is -0.465 e. The topological polar surface area (TPSA) is 26.3 Å². The molecule has 2 aromatic carbocycles. The molecule has 0 N–H and O–H groups in total. The molecule has 0 saturated carbocycles. The number of esters is 1. The highest BCUT2D eigenvalue weighted by Crippen LogP contribution is 2.63. The van der Waals surface area contributed by atoms with Crippen LogP contribution in [0.25, 0.3) is 10.8 Å². The van der Waals surface area contributed by atoms with Crippen LogP contribution in [0, 0.1) is 0 Å². The van der Waals surface area contributed by atoms with Gasteiger partial charge in [0.05, 0.1) is 28.8 Å². The van der Waals surface area contributed by atoms with Crippen molar-refractivity contribution in [1.29, 1.82) is 0 Å². The van der Waals surface area contributed by atoms with Crippen LogP contribution < -0.4 is 0 Å². The molecule has 2 aromatic rings. The van der Waals surface area contributed by atoms with Gasteiger partial charge in [-0.25, -0.2) is 4.79 Å². The van der Waals surface area contributed by atoms with Gasteiger partial charge in [-0.1, -0.05) is 69.6 Å². The first kappa shape index (κ1) is 16.5. The molecule has 3 rings (SSSR count). The molecule has 4 heteroatoms. The van der Waals surface area contributed by atoms with E-state index in [2.05, 4.69) is 57.5 Å². The Bertz CT molecular complexity index is 796. The Morgan fingerprint density at radius 1 is 1.00 bits per heavy atom. The van der Waals surface area contributed by atoms with Crippen molar-refractivity contribution in [2.45, 2.75) is 43.9 Å². The Balaban J connectivity index is 2.43. The minimum absolute atomic E-state index is 0.169. The van der Waals surface area contributed by atoms with Crippen molar-refractivity contribution in [1.82, 2.24) is 0 Å². The second-order valence-electron chi connectivity index (χ2n) is 8.64. The number of methoxy groups -OCH3 is 1. The van der Waals surface area contributed by atoms with E-state index >= 15 is 0 Å². The standard InChI is InChI=1S/C19H26O2Si2/c1-21-18(20)16-14-11-9-8-10-13(14)12-15-17(16)19(15,22(2,3)4)23(5,6)7/h8-12H,1-7H3. The quantitative estimate of drug-likeness (QED) is 0.581. The van der Waals surface area contributed by atoms with Gasteiger partial charge in [-0.15, -0.1) is 0 Å². The molecule has 0 unspecified atom stereocenters. The van der Waals surface area contributed by atoms with E-state index in [0.717, 1.165) is 16.3 Å². The van der Waals surface area contributed by atoms with E-state index in [1.807, 2.05) is 12.1 Å². The zero-order valence-corrected chi connectivity index (χ0v) is 17.2. The summed E-state index contributed by atoms with van der Waals surface area (Å²) in [5.74, 6) is -0.184. The average Bonchev–Trinajstić information content (AvgIpc) is 3.13. The van der Waals surface area contributed by atoms with Gasteiger partial charge in [-0.05, 0) is 21.9 Å². The molecule has 0 atom stereocenters. The van der Waals surface area contributed by atoms with Crippen LogP contribution in [0.15, 0.2) is 30.3 Å². The number of fused-ring (bicyclic) bond motifs is 2. The summed E-state index contributed by atoms with van der Waals surface area (Å²) in [6.45, 7) is 14.6. The van der Waals surface area contributed by atoms with Gasteiger partial charge in [0.25, 0.3) is 0 Å². The van der Waals surface area contributed by atoms with Crippen molar-refractivity contribution < 1.29 is 9.53 Å². The lowest BCUT2D eigenvalue weighted by Crippen LogP contribution is -2.55. The van der Waals surface area contributed by atoms with Crippen LogP contribution in [-0.2, 0) is 9.40 Å². The van der Waals surface area contributed by atoms with Gasteiger partial charge in [0.15, 0.2) is 0 Å². The molecular weight excluding hydrogens is 316 g/mol. The summed E-state index contributed by atoms with van der Waals surface area (Å²) in [5, 5.41) is 2.20. The molecule has 0 heterocycles. The second kappa shape index (κ2) is 4.80. The molecule has 0 aromatic heterocycles. The average molecular weight is 343 g/mol. The second-order valence-corrected chi connectivity index (χ2v) is 19.6. The first-order valence-electron chi connectivity index (χ1n) is 8.22. The maximum Gasteiger partial charge on any atom is 0.338 e. The fourth-order valence-electron chi connectivity index (χ4n) is 4.94. The summed E-state index contributed by atoms with van der Waals surface area (Å²) in [6.07, 6.45) is 0. The third-order valence-corrected chi connectivity index (χ3v) is 15.4. The zero-order valence-electron chi connectivity index (χ0n) is 15.2. The van der Waals surface area contributed by atoms with Crippen LogP contribution in [0.1, 0.15) is 21.5 Å². The van der Waals surface area contributed by atoms with E-state index in [1.165, 1.54) is 18.2 Å². The van der Waals surface area contributed by atoms with Gasteiger partial charge in [0.2, 0.25) is 0 Å². The number of hydrogen-bond acceptors (Lipinski definition) is 2. The molecule has 0 saturated heterocycles. The Hall–Kier alpha value is -1.40. The van der Waals surface area contributed by atoms with Crippen LogP contribution >= 0.6 is 0 Å². The van der Waals surface area contributed by atoms with Crippen molar-refractivity contribution in [3.63, 3.8) is 0 Å². The van der Waals surface area contributed by atoms with Gasteiger partial charge >= 0.3 is 5.97 Å². The van der Waals surface area contributed by atoms with Gasteiger partial charge in [0.1, 0.15) is 0 Å². The first-order chi connectivity index (χ1) is 10.6. The summed E-state index contributed by atoms with van der Waals surface area (Å²) in [6, 6.07) is 10.6. The highest BCUT2D eigenvalue weighted by Gasteiger charge is 2.67. The smallest absolute Gasteiger partial charge is 0.338 e. The van der Waals surface area contributed by atoms with Gasteiger partial charge < -0.3 is 4.74 Å². The predicted octanol–water partition coefficient (Wildman–Crippen LogP) is 4.98. The lowest BCUT2D eigenvalue weighted by atomic mass is 10.0. The van der Waals surface area contributed by atoms with Crippen LogP contribution in [-0.4, -0.2) is 29.2 Å². The van der Waals surface area contributed by atoms with Crippen LogP contribution in [0.3, 0.4) is 0 Å². The molecule has 23 heavy (non-hydrogen) atoms. The Morgan fingerprint density at radius 2 is 1.57 bits per heavy atom. The van der Waals surface area contributed by atoms with Crippen LogP contribution in [0.2, 0.25) is 39.3 Å². The molecule has 0 bridgehead atoms. The fraction of sp³-hybridized carbons (Fsp3) is 0.421. The molecular formula is C19H26O2Si2. The lowest BCUT2D eigenvalue weighted by molar-refractivity contribution is 0.0602. The number of carbonyl (C=O) groups is 1. The molecule has 0 radical (unpaired) electrons. The number of benzene rings is 2. The summed E-state index contributed by atoms with van der Waals surface area (Å²) in [5.41, 5.74) is 3.56. The Kier molecular flexibility index (Phi) is 3.44. The van der Waals surface area contributed by atoms with E-state index < -0.39 is 16.1 Å². The Morgan fingerprint density at radius 3 is 2.09 bits per heavy atom. The summed E-state index contributed by atoms with van der Waals surface area (Å²) < 4.78 is 5.34. The molecule has 122 valence electrons. The number of rotatable bonds is 3. The van der Waals surface area contributed by atoms with E-state index in [9.17, 15) is 4.79 Å². The predicted molar refractivity (Wildman–Crippen MR) is 103 cm³/mol. The van der Waals surface area contributed by atoms with Gasteiger partial charge in [0, 0.05) is 4.66 Å². The maximum absolute atomic E-state index is 12.6. The number of carbonyl (C=O) groups excluding carboxylic acids is 1. The lowest BCUT2D eigenvalue weighted by Gasteiger charge is -2.40. The van der Waals surface area contributed by atoms with Crippen molar-refractivity contribution in [3.8, 4) is 0 Å². The number of hydrogen-bond donors (Lipinski definition) is 0. The highest BCUT2D eigenvalue weighted by atomic mass is 28.4. The number of ether oxygens (including phenoxy) is 1. The van der Waals surface area contributed by atoms with Crippen LogP contribution in [0.5, 0.6) is 0 Å². The fourth-order valence-corrected chi connectivity index (χ4v) is 17.8. The molecule has 1 aliphatic rings. The van der Waals surface area contributed by atoms with E-state index in [1.54, 1.807) is 0 Å². The molecule has 1 aliphatic carbocycles. The normalized spacial score (nSPS) is 16.1. The van der Waals surface area contributed by atoms with Crippen molar-refractivity contribution >= 4 is 32.9 Å². The van der Waals surface area contributed by atoms with E-state index in [0.29, 0.717) is 0 Å². The Labute approximate surface area is 140 Å². The largest absolute Gasteiger partial charge is 0.465 e. The van der Waals surface area contributed by atoms with Gasteiger partial charge in [-0.3, -0.25) is 0 Å². The SMILES string of the molecule is COC(=O)c1c2c(cc3ccccc13)C2([Si](C)(C)C)[Si](C)(C)C. The first-order valence-corrected chi connectivity index (χ1v) is 15.2. The zero-order chi connectivity index (χ0) is 17.2. The van der Waals surface area contributed by atoms with Crippen molar-refractivity contribution in [2.75, 3.05) is 7.11 Å². The summed E-state index contributed by atoms with van der Waals surface area (Å²) >= 11 is 0.